The van der Waals surface area contributed by atoms with Gasteiger partial charge in [0.2, 0.25) is 0 Å². The number of ether oxygens (including phenoxy) is 1. The fourth-order valence-corrected chi connectivity index (χ4v) is 2.20. The molecule has 23 heavy (non-hydrogen) atoms. The van der Waals surface area contributed by atoms with Gasteiger partial charge in [-0.25, -0.2) is 0 Å². The molecule has 0 radical (unpaired) electrons. The van der Waals surface area contributed by atoms with E-state index in [1.807, 2.05) is 0 Å². The van der Waals surface area contributed by atoms with Gasteiger partial charge in [-0.05, 0) is 46.1 Å². The Hall–Kier alpha value is -0.0800. The van der Waals surface area contributed by atoms with Crippen LogP contribution >= 0.6 is 24.0 Å². The summed E-state index contributed by atoms with van der Waals surface area (Å²) in [5.41, 5.74) is 0. The first-order chi connectivity index (χ1) is 10.5. The lowest BCUT2D eigenvalue weighted by molar-refractivity contribution is 0.128. The third-order valence-electron chi connectivity index (χ3n) is 4.05. The van der Waals surface area contributed by atoms with Crippen LogP contribution in [0.3, 0.4) is 0 Å². The zero-order valence-electron chi connectivity index (χ0n) is 15.6. The van der Waals surface area contributed by atoms with Crippen LogP contribution in [0.4, 0.5) is 0 Å². The largest absolute Gasteiger partial charge is 0.380 e. The van der Waals surface area contributed by atoms with Gasteiger partial charge in [0.05, 0.1) is 13.2 Å². The van der Waals surface area contributed by atoms with Gasteiger partial charge in [-0.3, -0.25) is 9.89 Å². The van der Waals surface area contributed by atoms with E-state index < -0.39 is 0 Å². The molecule has 0 aromatic heterocycles. The van der Waals surface area contributed by atoms with E-state index in [1.54, 1.807) is 0 Å². The normalized spacial score (nSPS) is 16.4. The zero-order valence-corrected chi connectivity index (χ0v) is 17.9. The zero-order chi connectivity index (χ0) is 16.4. The highest BCUT2D eigenvalue weighted by Crippen LogP contribution is 2.26. The second-order valence-electron chi connectivity index (χ2n) is 6.69. The van der Waals surface area contributed by atoms with Crippen molar-refractivity contribution >= 4 is 29.9 Å². The van der Waals surface area contributed by atoms with Crippen molar-refractivity contribution in [3.05, 3.63) is 0 Å². The fraction of sp³-hybridized carbons (Fsp3) is 0.941. The van der Waals surface area contributed by atoms with Gasteiger partial charge in [-0.15, -0.1) is 24.0 Å². The Bertz CT molecular complexity index is 322. The minimum absolute atomic E-state index is 0. The Kier molecular flexibility index (Phi) is 13.2. The molecule has 1 unspecified atom stereocenters. The van der Waals surface area contributed by atoms with Crippen molar-refractivity contribution in [2.75, 3.05) is 39.9 Å². The minimum atomic E-state index is 0. The van der Waals surface area contributed by atoms with Gasteiger partial charge >= 0.3 is 0 Å². The quantitative estimate of drug-likeness (QED) is 0.225. The Morgan fingerprint density at radius 3 is 2.48 bits per heavy atom. The molecule has 1 aliphatic carbocycles. The molecule has 5 nitrogen and oxygen atoms in total. The molecular formula is C17H37IN4O. The summed E-state index contributed by atoms with van der Waals surface area (Å²) >= 11 is 0. The molecule has 1 aliphatic rings. The number of nitrogens with zero attached hydrogens (tertiary/aromatic N) is 2. The van der Waals surface area contributed by atoms with Gasteiger partial charge in [0.15, 0.2) is 5.96 Å². The van der Waals surface area contributed by atoms with Gasteiger partial charge in [-0.2, -0.15) is 0 Å². The monoisotopic (exact) mass is 440 g/mol. The van der Waals surface area contributed by atoms with E-state index in [0.29, 0.717) is 12.0 Å². The first kappa shape index (κ1) is 22.9. The van der Waals surface area contributed by atoms with Crippen molar-refractivity contribution in [3.63, 3.8) is 0 Å². The molecule has 0 bridgehead atoms. The van der Waals surface area contributed by atoms with Crippen molar-refractivity contribution in [3.8, 4) is 0 Å². The summed E-state index contributed by atoms with van der Waals surface area (Å²) in [7, 11) is 2.21. The lowest BCUT2D eigenvalue weighted by Gasteiger charge is -2.23. The SMILES string of the molecule is CCNC(=NCC(C)N(C)C1CC1)NCCOCCC(C)C.I. The molecule has 0 aromatic rings. The van der Waals surface area contributed by atoms with Crippen LogP contribution in [-0.4, -0.2) is 62.8 Å². The maximum Gasteiger partial charge on any atom is 0.191 e. The van der Waals surface area contributed by atoms with Crippen LogP contribution in [0.25, 0.3) is 0 Å². The first-order valence-electron chi connectivity index (χ1n) is 8.86. The van der Waals surface area contributed by atoms with E-state index in [2.05, 4.69) is 55.3 Å². The van der Waals surface area contributed by atoms with Crippen LogP contribution in [0, 0.1) is 5.92 Å². The molecule has 0 heterocycles. The number of likely N-dealkylation sites (N-methyl/N-ethyl adjacent to an activating group) is 1. The molecular weight excluding hydrogens is 403 g/mol. The standard InChI is InChI=1S/C17H36N4O.HI/c1-6-18-17(19-10-12-22-11-9-14(2)3)20-13-15(4)21(5)16-7-8-16;/h14-16H,6-13H2,1-5H3,(H2,18,19,20);1H. The molecule has 0 aliphatic heterocycles. The van der Waals surface area contributed by atoms with Crippen LogP contribution in [0.5, 0.6) is 0 Å². The average Bonchev–Trinajstić information content (AvgIpc) is 3.31. The van der Waals surface area contributed by atoms with Gasteiger partial charge in [0.25, 0.3) is 0 Å². The summed E-state index contributed by atoms with van der Waals surface area (Å²) in [6, 6.07) is 1.28. The number of hydrogen-bond acceptors (Lipinski definition) is 3. The number of rotatable bonds is 11. The predicted molar refractivity (Wildman–Crippen MR) is 110 cm³/mol. The molecule has 1 atom stereocenters. The molecule has 138 valence electrons. The van der Waals surface area contributed by atoms with Gasteiger partial charge in [0.1, 0.15) is 0 Å². The summed E-state index contributed by atoms with van der Waals surface area (Å²) < 4.78 is 5.62. The van der Waals surface area contributed by atoms with Crippen LogP contribution in [-0.2, 0) is 4.74 Å². The van der Waals surface area contributed by atoms with E-state index >= 15 is 0 Å². The lowest BCUT2D eigenvalue weighted by Crippen LogP contribution is -2.40. The third kappa shape index (κ3) is 11.2. The summed E-state index contributed by atoms with van der Waals surface area (Å²) in [5, 5.41) is 6.64. The molecule has 1 fully saturated rings. The fourth-order valence-electron chi connectivity index (χ4n) is 2.20. The van der Waals surface area contributed by atoms with Crippen molar-refractivity contribution in [2.45, 2.75) is 59.0 Å². The number of guanidine groups is 1. The van der Waals surface area contributed by atoms with Crippen molar-refractivity contribution in [1.29, 1.82) is 0 Å². The Balaban J connectivity index is 0.00000484. The summed E-state index contributed by atoms with van der Waals surface area (Å²) in [6.07, 6.45) is 3.81. The van der Waals surface area contributed by atoms with E-state index in [9.17, 15) is 0 Å². The molecule has 0 amide bonds. The Morgan fingerprint density at radius 2 is 1.91 bits per heavy atom. The predicted octanol–water partition coefficient (Wildman–Crippen LogP) is 2.70. The molecule has 2 N–H and O–H groups in total. The van der Waals surface area contributed by atoms with Crippen molar-refractivity contribution < 1.29 is 4.74 Å². The number of hydrogen-bond donors (Lipinski definition) is 2. The molecule has 6 heteroatoms. The minimum Gasteiger partial charge on any atom is -0.380 e. The summed E-state index contributed by atoms with van der Waals surface area (Å²) in [6.45, 7) is 12.9. The van der Waals surface area contributed by atoms with Crippen LogP contribution < -0.4 is 10.6 Å². The highest BCUT2D eigenvalue weighted by Gasteiger charge is 2.28. The second kappa shape index (κ2) is 13.2. The van der Waals surface area contributed by atoms with Crippen molar-refractivity contribution in [1.82, 2.24) is 15.5 Å². The van der Waals surface area contributed by atoms with E-state index in [1.165, 1.54) is 12.8 Å². The first-order valence-corrected chi connectivity index (χ1v) is 8.86. The number of nitrogens with one attached hydrogen (secondary N) is 2. The molecule has 1 saturated carbocycles. The van der Waals surface area contributed by atoms with Crippen molar-refractivity contribution in [2.24, 2.45) is 10.9 Å². The lowest BCUT2D eigenvalue weighted by atomic mass is 10.1. The average molecular weight is 440 g/mol. The maximum atomic E-state index is 5.62. The summed E-state index contributed by atoms with van der Waals surface area (Å²) in [5.74, 6) is 1.60. The van der Waals surface area contributed by atoms with Crippen LogP contribution in [0.15, 0.2) is 4.99 Å². The van der Waals surface area contributed by atoms with Crippen LogP contribution in [0.2, 0.25) is 0 Å². The second-order valence-corrected chi connectivity index (χ2v) is 6.69. The number of halogens is 1. The maximum absolute atomic E-state index is 5.62. The number of aliphatic imine (C=N–C) groups is 1. The third-order valence-corrected chi connectivity index (χ3v) is 4.05. The van der Waals surface area contributed by atoms with E-state index in [-0.39, 0.29) is 24.0 Å². The molecule has 0 aromatic carbocycles. The Morgan fingerprint density at radius 1 is 1.22 bits per heavy atom. The van der Waals surface area contributed by atoms with Crippen LogP contribution in [0.1, 0.15) is 47.0 Å². The molecule has 0 saturated heterocycles. The van der Waals surface area contributed by atoms with Gasteiger partial charge < -0.3 is 15.4 Å². The molecule has 1 rings (SSSR count). The van der Waals surface area contributed by atoms with E-state index in [0.717, 1.165) is 51.3 Å². The topological polar surface area (TPSA) is 48.9 Å². The van der Waals surface area contributed by atoms with Gasteiger partial charge in [0, 0.05) is 31.8 Å². The molecule has 0 spiro atoms. The van der Waals surface area contributed by atoms with Gasteiger partial charge in [-0.1, -0.05) is 13.8 Å². The summed E-state index contributed by atoms with van der Waals surface area (Å²) in [4.78, 5) is 7.13. The highest BCUT2D eigenvalue weighted by molar-refractivity contribution is 14.0. The van der Waals surface area contributed by atoms with E-state index in [4.69, 9.17) is 4.74 Å². The highest BCUT2D eigenvalue weighted by atomic mass is 127. The Labute approximate surface area is 160 Å². The smallest absolute Gasteiger partial charge is 0.191 e.